The minimum atomic E-state index is -0.267. The van der Waals surface area contributed by atoms with Gasteiger partial charge in [-0.2, -0.15) is 4.98 Å². The van der Waals surface area contributed by atoms with E-state index >= 15 is 0 Å². The Balaban J connectivity index is 1.90. The lowest BCUT2D eigenvalue weighted by Crippen LogP contribution is -2.44. The maximum atomic E-state index is 6.38. The van der Waals surface area contributed by atoms with E-state index in [0.717, 1.165) is 24.8 Å². The highest BCUT2D eigenvalue weighted by Gasteiger charge is 2.37. The predicted molar refractivity (Wildman–Crippen MR) is 78.5 cm³/mol. The van der Waals surface area contributed by atoms with E-state index in [0.29, 0.717) is 16.7 Å². The zero-order valence-corrected chi connectivity index (χ0v) is 12.2. The lowest BCUT2D eigenvalue weighted by molar-refractivity contribution is 0.223. The van der Waals surface area contributed by atoms with Crippen LogP contribution in [-0.4, -0.2) is 15.7 Å². The first-order valence-corrected chi connectivity index (χ1v) is 7.32. The molecule has 2 atom stereocenters. The summed E-state index contributed by atoms with van der Waals surface area (Å²) in [5, 5.41) is 4.73. The highest BCUT2D eigenvalue weighted by molar-refractivity contribution is 6.30. The Morgan fingerprint density at radius 1 is 1.40 bits per heavy atom. The van der Waals surface area contributed by atoms with Gasteiger partial charge in [-0.1, -0.05) is 41.7 Å². The normalized spacial score (nSPS) is 26.6. The van der Waals surface area contributed by atoms with E-state index in [2.05, 4.69) is 17.1 Å². The van der Waals surface area contributed by atoms with Crippen LogP contribution in [0, 0.1) is 0 Å². The van der Waals surface area contributed by atoms with Crippen molar-refractivity contribution in [3.8, 4) is 11.4 Å². The summed E-state index contributed by atoms with van der Waals surface area (Å²) < 4.78 is 5.45. The highest BCUT2D eigenvalue weighted by Crippen LogP contribution is 2.38. The Morgan fingerprint density at radius 2 is 2.25 bits per heavy atom. The third-order valence-electron chi connectivity index (χ3n) is 4.08. The van der Waals surface area contributed by atoms with Gasteiger partial charge in [0, 0.05) is 16.1 Å². The second-order valence-corrected chi connectivity index (χ2v) is 6.21. The van der Waals surface area contributed by atoms with Gasteiger partial charge < -0.3 is 10.3 Å². The van der Waals surface area contributed by atoms with Crippen molar-refractivity contribution in [1.82, 2.24) is 10.1 Å². The molecule has 0 aliphatic heterocycles. The largest absolute Gasteiger partial charge is 0.339 e. The molecule has 3 rings (SSSR count). The first-order chi connectivity index (χ1) is 9.56. The molecule has 0 amide bonds. The molecule has 20 heavy (non-hydrogen) atoms. The average molecular weight is 292 g/mol. The number of nitrogens with two attached hydrogens (primary N) is 1. The summed E-state index contributed by atoms with van der Waals surface area (Å²) in [6.45, 7) is 2.07. The smallest absolute Gasteiger partial charge is 0.231 e. The van der Waals surface area contributed by atoms with Crippen LogP contribution in [0.15, 0.2) is 28.8 Å². The van der Waals surface area contributed by atoms with Crippen molar-refractivity contribution in [3.05, 3.63) is 35.2 Å². The topological polar surface area (TPSA) is 64.9 Å². The van der Waals surface area contributed by atoms with Gasteiger partial charge in [0.15, 0.2) is 0 Å². The standard InChI is InChI=1S/C15H18ClN3O/c1-15(17)8-3-2-7-12(15)14-18-13(19-20-14)10-5-4-6-11(16)9-10/h4-6,9,12H,2-3,7-8,17H2,1H3. The third-order valence-corrected chi connectivity index (χ3v) is 4.31. The fourth-order valence-electron chi connectivity index (χ4n) is 2.89. The third kappa shape index (κ3) is 2.58. The molecule has 2 aromatic rings. The molecule has 4 nitrogen and oxygen atoms in total. The van der Waals surface area contributed by atoms with Crippen molar-refractivity contribution in [2.75, 3.05) is 0 Å². The van der Waals surface area contributed by atoms with Crippen molar-refractivity contribution >= 4 is 11.6 Å². The van der Waals surface area contributed by atoms with Crippen molar-refractivity contribution in [3.63, 3.8) is 0 Å². The van der Waals surface area contributed by atoms with Crippen LogP contribution in [0.5, 0.6) is 0 Å². The molecule has 1 fully saturated rings. The monoisotopic (exact) mass is 291 g/mol. The second-order valence-electron chi connectivity index (χ2n) is 5.77. The predicted octanol–water partition coefficient (Wildman–Crippen LogP) is 3.77. The van der Waals surface area contributed by atoms with E-state index in [1.807, 2.05) is 24.3 Å². The molecule has 1 aromatic heterocycles. The van der Waals surface area contributed by atoms with Crippen LogP contribution in [0.2, 0.25) is 5.02 Å². The van der Waals surface area contributed by atoms with Crippen molar-refractivity contribution < 1.29 is 4.52 Å². The van der Waals surface area contributed by atoms with Gasteiger partial charge in [0.05, 0.1) is 5.92 Å². The van der Waals surface area contributed by atoms with Gasteiger partial charge in [-0.3, -0.25) is 0 Å². The Morgan fingerprint density at radius 3 is 3.00 bits per heavy atom. The van der Waals surface area contributed by atoms with Crippen LogP contribution in [-0.2, 0) is 0 Å². The molecule has 0 saturated heterocycles. The number of nitrogens with zero attached hydrogens (tertiary/aromatic N) is 2. The molecule has 2 N–H and O–H groups in total. The SMILES string of the molecule is CC1(N)CCCCC1c1nc(-c2cccc(Cl)c2)no1. The van der Waals surface area contributed by atoms with Gasteiger partial charge in [-0.15, -0.1) is 0 Å². The number of benzene rings is 1. The summed E-state index contributed by atoms with van der Waals surface area (Å²) in [6.07, 6.45) is 4.32. The zero-order chi connectivity index (χ0) is 14.2. The van der Waals surface area contributed by atoms with Crippen LogP contribution < -0.4 is 5.73 Å². The van der Waals surface area contributed by atoms with Gasteiger partial charge in [0.1, 0.15) is 0 Å². The summed E-state index contributed by atoms with van der Waals surface area (Å²) in [4.78, 5) is 4.52. The first-order valence-electron chi connectivity index (χ1n) is 6.95. The van der Waals surface area contributed by atoms with E-state index < -0.39 is 0 Å². The molecule has 106 valence electrons. The molecule has 1 aromatic carbocycles. The second kappa shape index (κ2) is 5.19. The molecule has 1 aliphatic rings. The number of hydrogen-bond donors (Lipinski definition) is 1. The van der Waals surface area contributed by atoms with E-state index in [1.165, 1.54) is 6.42 Å². The van der Waals surface area contributed by atoms with Crippen molar-refractivity contribution in [2.24, 2.45) is 5.73 Å². The van der Waals surface area contributed by atoms with E-state index in [9.17, 15) is 0 Å². The lowest BCUT2D eigenvalue weighted by atomic mass is 9.74. The summed E-state index contributed by atoms with van der Waals surface area (Å²) in [5.74, 6) is 1.35. The Bertz CT molecular complexity index is 609. The molecule has 5 heteroatoms. The first kappa shape index (κ1) is 13.6. The maximum absolute atomic E-state index is 6.38. The summed E-state index contributed by atoms with van der Waals surface area (Å²) >= 11 is 5.99. The van der Waals surface area contributed by atoms with E-state index in [-0.39, 0.29) is 11.5 Å². The van der Waals surface area contributed by atoms with Gasteiger partial charge >= 0.3 is 0 Å². The van der Waals surface area contributed by atoms with Gasteiger partial charge in [-0.05, 0) is 31.9 Å². The van der Waals surface area contributed by atoms with Crippen molar-refractivity contribution in [1.29, 1.82) is 0 Å². The van der Waals surface area contributed by atoms with Crippen LogP contribution in [0.4, 0.5) is 0 Å². The average Bonchev–Trinajstić information content (AvgIpc) is 2.87. The molecule has 1 aliphatic carbocycles. The summed E-state index contributed by atoms with van der Waals surface area (Å²) in [7, 11) is 0. The van der Waals surface area contributed by atoms with Crippen LogP contribution in [0.1, 0.15) is 44.4 Å². The van der Waals surface area contributed by atoms with Crippen molar-refractivity contribution in [2.45, 2.75) is 44.1 Å². The zero-order valence-electron chi connectivity index (χ0n) is 11.5. The number of rotatable bonds is 2. The number of aromatic nitrogens is 2. The number of hydrogen-bond acceptors (Lipinski definition) is 4. The quantitative estimate of drug-likeness (QED) is 0.915. The van der Waals surface area contributed by atoms with Gasteiger partial charge in [0.2, 0.25) is 11.7 Å². The Kier molecular flexibility index (Phi) is 3.52. The van der Waals surface area contributed by atoms with Crippen LogP contribution in [0.25, 0.3) is 11.4 Å². The molecular formula is C15H18ClN3O. The molecule has 0 spiro atoms. The highest BCUT2D eigenvalue weighted by atomic mass is 35.5. The maximum Gasteiger partial charge on any atom is 0.231 e. The van der Waals surface area contributed by atoms with E-state index in [1.54, 1.807) is 0 Å². The fourth-order valence-corrected chi connectivity index (χ4v) is 3.08. The van der Waals surface area contributed by atoms with Crippen LogP contribution in [0.3, 0.4) is 0 Å². The number of halogens is 1. The Labute approximate surface area is 123 Å². The molecule has 1 saturated carbocycles. The molecular weight excluding hydrogens is 274 g/mol. The molecule has 0 bridgehead atoms. The summed E-state index contributed by atoms with van der Waals surface area (Å²) in [6, 6.07) is 7.45. The molecule has 0 radical (unpaired) electrons. The van der Waals surface area contributed by atoms with Crippen LogP contribution >= 0.6 is 11.6 Å². The van der Waals surface area contributed by atoms with Gasteiger partial charge in [-0.25, -0.2) is 0 Å². The van der Waals surface area contributed by atoms with E-state index in [4.69, 9.17) is 21.9 Å². The molecule has 2 unspecified atom stereocenters. The minimum Gasteiger partial charge on any atom is -0.339 e. The lowest BCUT2D eigenvalue weighted by Gasteiger charge is -2.35. The Hall–Kier alpha value is -1.39. The minimum absolute atomic E-state index is 0.136. The van der Waals surface area contributed by atoms with Gasteiger partial charge in [0.25, 0.3) is 0 Å². The fraction of sp³-hybridized carbons (Fsp3) is 0.467. The molecule has 1 heterocycles. The summed E-state index contributed by atoms with van der Waals surface area (Å²) in [5.41, 5.74) is 6.97.